The van der Waals surface area contributed by atoms with Crippen LogP contribution in [0, 0.1) is 0 Å². The Bertz CT molecular complexity index is 346. The highest BCUT2D eigenvalue weighted by Gasteiger charge is 2.14. The van der Waals surface area contributed by atoms with Crippen LogP contribution in [-0.2, 0) is 4.74 Å². The molecule has 0 heterocycles. The molecule has 18 heavy (non-hydrogen) atoms. The second-order valence-electron chi connectivity index (χ2n) is 5.00. The van der Waals surface area contributed by atoms with Gasteiger partial charge < -0.3 is 10.1 Å². The molecule has 0 bridgehead atoms. The molecule has 0 aliphatic heterocycles. The number of hydrogen-bond acceptors (Lipinski definition) is 2. The lowest BCUT2D eigenvalue weighted by atomic mass is 10.1. The van der Waals surface area contributed by atoms with Gasteiger partial charge in [-0.1, -0.05) is 36.6 Å². The van der Waals surface area contributed by atoms with E-state index in [1.54, 1.807) is 0 Å². The molecule has 1 aromatic carbocycles. The van der Waals surface area contributed by atoms with Crippen LogP contribution in [0.3, 0.4) is 0 Å². The van der Waals surface area contributed by atoms with Crippen LogP contribution in [0.25, 0.3) is 0 Å². The molecule has 1 fully saturated rings. The third-order valence-corrected chi connectivity index (χ3v) is 3.83. The normalized spacial score (nSPS) is 18.1. The Hall–Kier alpha value is -0.570. The van der Waals surface area contributed by atoms with Crippen LogP contribution < -0.4 is 5.32 Å². The zero-order valence-corrected chi connectivity index (χ0v) is 11.7. The van der Waals surface area contributed by atoms with E-state index in [-0.39, 0.29) is 0 Å². The Balaban J connectivity index is 1.64. The van der Waals surface area contributed by atoms with E-state index in [1.807, 2.05) is 12.1 Å². The van der Waals surface area contributed by atoms with Gasteiger partial charge in [0.05, 0.1) is 12.7 Å². The van der Waals surface area contributed by atoms with E-state index in [9.17, 15) is 0 Å². The van der Waals surface area contributed by atoms with Gasteiger partial charge in [-0.05, 0) is 37.5 Å². The van der Waals surface area contributed by atoms with Crippen molar-refractivity contribution in [3.05, 3.63) is 34.9 Å². The number of benzene rings is 1. The first-order chi connectivity index (χ1) is 8.75. The lowest BCUT2D eigenvalue weighted by molar-refractivity contribution is 0.0593. The predicted octanol–water partition coefficient (Wildman–Crippen LogP) is 3.95. The first kappa shape index (κ1) is 13.9. The molecular formula is C15H22ClNO. The van der Waals surface area contributed by atoms with Gasteiger partial charge >= 0.3 is 0 Å². The largest absolute Gasteiger partial charge is 0.377 e. The second-order valence-corrected chi connectivity index (χ2v) is 5.44. The van der Waals surface area contributed by atoms with Crippen LogP contribution in [0.5, 0.6) is 0 Å². The SMILES string of the molecule is CC(NCCOC1CCCC1)c1ccc(Cl)cc1. The number of halogens is 1. The van der Waals surface area contributed by atoms with Gasteiger partial charge in [-0.2, -0.15) is 0 Å². The van der Waals surface area contributed by atoms with Crippen molar-refractivity contribution in [2.75, 3.05) is 13.2 Å². The van der Waals surface area contributed by atoms with E-state index in [2.05, 4.69) is 24.4 Å². The van der Waals surface area contributed by atoms with E-state index >= 15 is 0 Å². The van der Waals surface area contributed by atoms with Gasteiger partial charge in [0.2, 0.25) is 0 Å². The summed E-state index contributed by atoms with van der Waals surface area (Å²) >= 11 is 5.88. The van der Waals surface area contributed by atoms with Crippen molar-refractivity contribution in [3.8, 4) is 0 Å². The molecular weight excluding hydrogens is 246 g/mol. The molecule has 1 atom stereocenters. The number of hydrogen-bond donors (Lipinski definition) is 1. The molecule has 0 spiro atoms. The lowest BCUT2D eigenvalue weighted by Crippen LogP contribution is -2.25. The maximum absolute atomic E-state index is 5.88. The summed E-state index contributed by atoms with van der Waals surface area (Å²) in [6.45, 7) is 3.88. The van der Waals surface area contributed by atoms with Crippen molar-refractivity contribution >= 4 is 11.6 Å². The van der Waals surface area contributed by atoms with E-state index < -0.39 is 0 Å². The molecule has 1 aliphatic rings. The highest BCUT2D eigenvalue weighted by molar-refractivity contribution is 6.30. The summed E-state index contributed by atoms with van der Waals surface area (Å²) in [4.78, 5) is 0. The third kappa shape index (κ3) is 4.27. The quantitative estimate of drug-likeness (QED) is 0.788. The molecule has 2 rings (SSSR count). The molecule has 100 valence electrons. The number of ether oxygens (including phenoxy) is 1. The second kappa shape index (κ2) is 7.13. The van der Waals surface area contributed by atoms with Crippen LogP contribution in [0.15, 0.2) is 24.3 Å². The minimum absolute atomic E-state index is 0.342. The summed E-state index contributed by atoms with van der Waals surface area (Å²) in [5.74, 6) is 0. The highest BCUT2D eigenvalue weighted by atomic mass is 35.5. The van der Waals surface area contributed by atoms with Crippen molar-refractivity contribution in [3.63, 3.8) is 0 Å². The van der Waals surface area contributed by atoms with E-state index in [0.717, 1.165) is 18.2 Å². The predicted molar refractivity (Wildman–Crippen MR) is 76.1 cm³/mol. The van der Waals surface area contributed by atoms with Crippen molar-refractivity contribution < 1.29 is 4.74 Å². The minimum Gasteiger partial charge on any atom is -0.377 e. The number of nitrogens with one attached hydrogen (secondary N) is 1. The van der Waals surface area contributed by atoms with Gasteiger partial charge in [0, 0.05) is 17.6 Å². The molecule has 0 radical (unpaired) electrons. The average Bonchev–Trinajstić information content (AvgIpc) is 2.88. The molecule has 1 saturated carbocycles. The molecule has 1 unspecified atom stereocenters. The molecule has 0 aromatic heterocycles. The van der Waals surface area contributed by atoms with E-state index in [1.165, 1.54) is 31.2 Å². The molecule has 2 nitrogen and oxygen atoms in total. The summed E-state index contributed by atoms with van der Waals surface area (Å²) in [7, 11) is 0. The van der Waals surface area contributed by atoms with Crippen LogP contribution in [0.4, 0.5) is 0 Å². The Labute approximate surface area is 115 Å². The fraction of sp³-hybridized carbons (Fsp3) is 0.600. The Morgan fingerprint density at radius 1 is 1.28 bits per heavy atom. The highest BCUT2D eigenvalue weighted by Crippen LogP contribution is 2.20. The molecule has 0 saturated heterocycles. The first-order valence-electron chi connectivity index (χ1n) is 6.86. The maximum atomic E-state index is 5.88. The van der Waals surface area contributed by atoms with Gasteiger partial charge in [0.1, 0.15) is 0 Å². The van der Waals surface area contributed by atoms with Gasteiger partial charge in [-0.15, -0.1) is 0 Å². The van der Waals surface area contributed by atoms with Crippen molar-refractivity contribution in [2.45, 2.75) is 44.8 Å². The van der Waals surface area contributed by atoms with Crippen molar-refractivity contribution in [1.29, 1.82) is 0 Å². The molecule has 1 N–H and O–H groups in total. The van der Waals surface area contributed by atoms with Crippen LogP contribution in [0.1, 0.15) is 44.2 Å². The molecule has 3 heteroatoms. The first-order valence-corrected chi connectivity index (χ1v) is 7.24. The monoisotopic (exact) mass is 267 g/mol. The Morgan fingerprint density at radius 2 is 1.94 bits per heavy atom. The molecule has 0 amide bonds. The Kier molecular flexibility index (Phi) is 5.48. The van der Waals surface area contributed by atoms with Crippen LogP contribution in [0.2, 0.25) is 5.02 Å². The van der Waals surface area contributed by atoms with Gasteiger partial charge in [-0.25, -0.2) is 0 Å². The van der Waals surface area contributed by atoms with E-state index in [4.69, 9.17) is 16.3 Å². The fourth-order valence-electron chi connectivity index (χ4n) is 2.43. The van der Waals surface area contributed by atoms with E-state index in [0.29, 0.717) is 12.1 Å². The summed E-state index contributed by atoms with van der Waals surface area (Å²) in [5, 5.41) is 4.26. The number of rotatable bonds is 6. The standard InChI is InChI=1S/C15H22ClNO/c1-12(13-6-8-14(16)9-7-13)17-10-11-18-15-4-2-3-5-15/h6-9,12,15,17H,2-5,10-11H2,1H3. The van der Waals surface area contributed by atoms with Crippen molar-refractivity contribution in [2.24, 2.45) is 0 Å². The lowest BCUT2D eigenvalue weighted by Gasteiger charge is -2.16. The maximum Gasteiger partial charge on any atom is 0.0594 e. The summed E-state index contributed by atoms with van der Waals surface area (Å²) in [5.41, 5.74) is 1.26. The van der Waals surface area contributed by atoms with Crippen LogP contribution in [-0.4, -0.2) is 19.3 Å². The molecule has 1 aromatic rings. The molecule has 1 aliphatic carbocycles. The summed E-state index contributed by atoms with van der Waals surface area (Å²) in [6.07, 6.45) is 5.66. The zero-order valence-electron chi connectivity index (χ0n) is 11.0. The summed E-state index contributed by atoms with van der Waals surface area (Å²) in [6, 6.07) is 8.35. The van der Waals surface area contributed by atoms with Crippen LogP contribution >= 0.6 is 11.6 Å². The summed E-state index contributed by atoms with van der Waals surface area (Å²) < 4.78 is 5.82. The van der Waals surface area contributed by atoms with Gasteiger partial charge in [0.25, 0.3) is 0 Å². The van der Waals surface area contributed by atoms with Gasteiger partial charge in [-0.3, -0.25) is 0 Å². The average molecular weight is 268 g/mol. The third-order valence-electron chi connectivity index (χ3n) is 3.58. The zero-order chi connectivity index (χ0) is 12.8. The fourth-order valence-corrected chi connectivity index (χ4v) is 2.55. The Morgan fingerprint density at radius 3 is 2.61 bits per heavy atom. The smallest absolute Gasteiger partial charge is 0.0594 e. The minimum atomic E-state index is 0.342. The topological polar surface area (TPSA) is 21.3 Å². The van der Waals surface area contributed by atoms with Gasteiger partial charge in [0.15, 0.2) is 0 Å². The van der Waals surface area contributed by atoms with Crippen molar-refractivity contribution in [1.82, 2.24) is 5.32 Å².